The van der Waals surface area contributed by atoms with Crippen molar-refractivity contribution in [3.05, 3.63) is 45.2 Å². The minimum absolute atomic E-state index is 0.132. The number of amides is 1. The second-order valence-corrected chi connectivity index (χ2v) is 9.82. The molecule has 1 N–H and O–H groups in total. The number of carbonyl (C=O) groups excluding carboxylic acids is 1. The van der Waals surface area contributed by atoms with Crippen LogP contribution in [0.25, 0.3) is 0 Å². The summed E-state index contributed by atoms with van der Waals surface area (Å²) in [5.41, 5.74) is 0.497. The highest BCUT2D eigenvalue weighted by Gasteiger charge is 2.24. The van der Waals surface area contributed by atoms with Gasteiger partial charge in [0.15, 0.2) is 5.16 Å². The van der Waals surface area contributed by atoms with Crippen molar-refractivity contribution in [2.45, 2.75) is 49.7 Å². The third-order valence-corrected chi connectivity index (χ3v) is 7.61. The highest BCUT2D eigenvalue weighted by atomic mass is 32.2. The topological polar surface area (TPSA) is 83.6 Å². The summed E-state index contributed by atoms with van der Waals surface area (Å²) in [5, 5.41) is 26.1. The zero-order valence-corrected chi connectivity index (χ0v) is 18.3. The van der Waals surface area contributed by atoms with Gasteiger partial charge in [-0.15, -0.1) is 32.9 Å². The van der Waals surface area contributed by atoms with Gasteiger partial charge in [-0.3, -0.25) is 4.79 Å². The van der Waals surface area contributed by atoms with Gasteiger partial charge in [-0.05, 0) is 35.7 Å². The molecule has 3 aromatic heterocycles. The predicted octanol–water partition coefficient (Wildman–Crippen LogP) is 5.10. The quantitative estimate of drug-likeness (QED) is 0.514. The zero-order valence-electron chi connectivity index (χ0n) is 15.8. The van der Waals surface area contributed by atoms with Gasteiger partial charge >= 0.3 is 0 Å². The second-order valence-electron chi connectivity index (χ2n) is 6.93. The van der Waals surface area contributed by atoms with Crippen LogP contribution in [-0.4, -0.2) is 26.4 Å². The van der Waals surface area contributed by atoms with E-state index >= 15 is 0 Å². The van der Waals surface area contributed by atoms with Crippen molar-refractivity contribution >= 4 is 45.3 Å². The van der Waals surface area contributed by atoms with E-state index in [1.165, 1.54) is 47.2 Å². The lowest BCUT2D eigenvalue weighted by atomic mass is 9.95. The highest BCUT2D eigenvalue weighted by Crippen LogP contribution is 2.33. The molecule has 0 aliphatic heterocycles. The van der Waals surface area contributed by atoms with Gasteiger partial charge in [-0.1, -0.05) is 37.1 Å². The van der Waals surface area contributed by atoms with Crippen molar-refractivity contribution < 1.29 is 4.79 Å². The van der Waals surface area contributed by atoms with E-state index in [1.807, 2.05) is 0 Å². The van der Waals surface area contributed by atoms with Crippen molar-refractivity contribution in [2.24, 2.45) is 0 Å². The Morgan fingerprint density at radius 3 is 2.86 bits per heavy atom. The highest BCUT2D eigenvalue weighted by molar-refractivity contribution is 7.99. The Kier molecular flexibility index (Phi) is 6.64. The molecule has 1 aliphatic rings. The Morgan fingerprint density at radius 2 is 2.10 bits per heavy atom. The first-order valence-corrected chi connectivity index (χ1v) is 12.4. The van der Waals surface area contributed by atoms with Gasteiger partial charge in [-0.2, -0.15) is 5.26 Å². The first kappa shape index (κ1) is 20.1. The van der Waals surface area contributed by atoms with Gasteiger partial charge in [0.05, 0.1) is 11.3 Å². The Balaban J connectivity index is 1.48. The molecule has 4 rings (SSSR count). The van der Waals surface area contributed by atoms with E-state index in [2.05, 4.69) is 43.7 Å². The van der Waals surface area contributed by atoms with Crippen LogP contribution in [0.4, 0.5) is 5.00 Å². The maximum Gasteiger partial charge on any atom is 0.235 e. The molecule has 1 fully saturated rings. The van der Waals surface area contributed by atoms with Crippen LogP contribution in [0, 0.1) is 11.3 Å². The van der Waals surface area contributed by atoms with E-state index in [1.54, 1.807) is 22.8 Å². The molecule has 0 atom stereocenters. The molecule has 6 nitrogen and oxygen atoms in total. The summed E-state index contributed by atoms with van der Waals surface area (Å²) in [6, 6.07) is 8.39. The number of thiophene rings is 2. The minimum Gasteiger partial charge on any atom is -0.316 e. The predicted molar refractivity (Wildman–Crippen MR) is 118 cm³/mol. The summed E-state index contributed by atoms with van der Waals surface area (Å²) in [4.78, 5) is 13.7. The summed E-state index contributed by atoms with van der Waals surface area (Å²) < 4.78 is 2.27. The van der Waals surface area contributed by atoms with Crippen molar-refractivity contribution in [2.75, 3.05) is 11.1 Å². The van der Waals surface area contributed by atoms with Gasteiger partial charge in [0.25, 0.3) is 0 Å². The maximum absolute atomic E-state index is 12.4. The monoisotopic (exact) mass is 443 g/mol. The molecule has 0 aromatic carbocycles. The van der Waals surface area contributed by atoms with Crippen LogP contribution in [-0.2, 0) is 11.2 Å². The number of aromatic nitrogens is 3. The number of nitriles is 1. The SMILES string of the molecule is N#Cc1ccsc1NC(=O)CSc1nnc(Cc2cccs2)n1C1CCCCC1. The van der Waals surface area contributed by atoms with E-state index in [0.29, 0.717) is 16.6 Å². The van der Waals surface area contributed by atoms with Crippen molar-refractivity contribution in [1.29, 1.82) is 5.26 Å². The average molecular weight is 444 g/mol. The molecule has 0 radical (unpaired) electrons. The van der Waals surface area contributed by atoms with E-state index in [9.17, 15) is 4.79 Å². The van der Waals surface area contributed by atoms with E-state index in [4.69, 9.17) is 5.26 Å². The van der Waals surface area contributed by atoms with Crippen LogP contribution in [0.5, 0.6) is 0 Å². The number of anilines is 1. The van der Waals surface area contributed by atoms with Crippen LogP contribution in [0.15, 0.2) is 34.1 Å². The van der Waals surface area contributed by atoms with Crippen molar-refractivity contribution in [3.63, 3.8) is 0 Å². The number of hydrogen-bond acceptors (Lipinski definition) is 7. The molecular weight excluding hydrogens is 422 g/mol. The number of hydrogen-bond donors (Lipinski definition) is 1. The normalized spacial score (nSPS) is 14.6. The van der Waals surface area contributed by atoms with E-state index < -0.39 is 0 Å². The standard InChI is InChI=1S/C20H21N5OS3/c21-12-14-8-10-28-19(14)22-18(26)13-29-20-24-23-17(11-16-7-4-9-27-16)25(20)15-5-2-1-3-6-15/h4,7-10,15H,1-3,5-6,11,13H2,(H,22,26). The van der Waals surface area contributed by atoms with Crippen LogP contribution in [0.2, 0.25) is 0 Å². The lowest BCUT2D eigenvalue weighted by molar-refractivity contribution is -0.113. The van der Waals surface area contributed by atoms with E-state index in [0.717, 1.165) is 30.2 Å². The fraction of sp³-hybridized carbons (Fsp3) is 0.400. The second kappa shape index (κ2) is 9.57. The maximum atomic E-state index is 12.4. The fourth-order valence-corrected chi connectivity index (χ4v) is 5.87. The van der Waals surface area contributed by atoms with Crippen LogP contribution in [0.3, 0.4) is 0 Å². The molecule has 0 saturated heterocycles. The molecule has 3 aromatic rings. The van der Waals surface area contributed by atoms with Gasteiger partial charge < -0.3 is 9.88 Å². The third kappa shape index (κ3) is 4.89. The molecule has 9 heteroatoms. The number of nitrogens with zero attached hydrogens (tertiary/aromatic N) is 4. The largest absolute Gasteiger partial charge is 0.316 e. The summed E-state index contributed by atoms with van der Waals surface area (Å²) in [6.45, 7) is 0. The molecule has 0 unspecified atom stereocenters. The molecule has 1 amide bonds. The van der Waals surface area contributed by atoms with E-state index in [-0.39, 0.29) is 11.7 Å². The third-order valence-electron chi connectivity index (χ3n) is 4.96. The number of thioether (sulfide) groups is 1. The Morgan fingerprint density at radius 1 is 1.24 bits per heavy atom. The lowest BCUT2D eigenvalue weighted by Crippen LogP contribution is -2.18. The Bertz CT molecular complexity index is 996. The lowest BCUT2D eigenvalue weighted by Gasteiger charge is -2.25. The Labute approximate surface area is 182 Å². The van der Waals surface area contributed by atoms with Gasteiger partial charge in [0.1, 0.15) is 16.9 Å². The molecule has 3 heterocycles. The average Bonchev–Trinajstić information content (AvgIpc) is 3.49. The fourth-order valence-electron chi connectivity index (χ4n) is 3.59. The molecular formula is C20H21N5OS3. The van der Waals surface area contributed by atoms with Crippen LogP contribution in [0.1, 0.15) is 54.4 Å². The molecule has 1 saturated carbocycles. The summed E-state index contributed by atoms with van der Waals surface area (Å²) >= 11 is 4.51. The summed E-state index contributed by atoms with van der Waals surface area (Å²) in [5.74, 6) is 1.09. The first-order chi connectivity index (χ1) is 14.2. The summed E-state index contributed by atoms with van der Waals surface area (Å²) in [6.07, 6.45) is 6.77. The van der Waals surface area contributed by atoms with Crippen LogP contribution >= 0.6 is 34.4 Å². The Hall–Kier alpha value is -2.15. The molecule has 150 valence electrons. The van der Waals surface area contributed by atoms with Gasteiger partial charge in [0.2, 0.25) is 5.91 Å². The smallest absolute Gasteiger partial charge is 0.235 e. The van der Waals surface area contributed by atoms with Crippen molar-refractivity contribution in [1.82, 2.24) is 14.8 Å². The summed E-state index contributed by atoms with van der Waals surface area (Å²) in [7, 11) is 0. The molecule has 29 heavy (non-hydrogen) atoms. The zero-order chi connectivity index (χ0) is 20.1. The molecule has 0 spiro atoms. The molecule has 0 bridgehead atoms. The van der Waals surface area contributed by atoms with Gasteiger partial charge in [-0.25, -0.2) is 0 Å². The number of nitrogens with one attached hydrogen (secondary N) is 1. The number of rotatable bonds is 7. The van der Waals surface area contributed by atoms with Gasteiger partial charge in [0, 0.05) is 17.3 Å². The van der Waals surface area contributed by atoms with Crippen LogP contribution < -0.4 is 5.32 Å². The molecule has 1 aliphatic carbocycles. The van der Waals surface area contributed by atoms with Crippen molar-refractivity contribution in [3.8, 4) is 6.07 Å². The minimum atomic E-state index is -0.132. The first-order valence-electron chi connectivity index (χ1n) is 9.61. The number of carbonyl (C=O) groups is 1.